The third-order valence-electron chi connectivity index (χ3n) is 5.01. The topological polar surface area (TPSA) is 12.5 Å². The van der Waals surface area contributed by atoms with Gasteiger partial charge in [0.25, 0.3) is 0 Å². The van der Waals surface area contributed by atoms with Crippen LogP contribution in [0.25, 0.3) is 0 Å². The Morgan fingerprint density at radius 3 is 2.53 bits per heavy atom. The summed E-state index contributed by atoms with van der Waals surface area (Å²) in [4.78, 5) is 2.43. The molecular formula is C12H26B3NO. The van der Waals surface area contributed by atoms with Gasteiger partial charge in [0.05, 0.1) is 5.60 Å². The van der Waals surface area contributed by atoms with Crippen LogP contribution in [0.1, 0.15) is 44.9 Å². The smallest absolute Gasteiger partial charge is 0.184 e. The van der Waals surface area contributed by atoms with Gasteiger partial charge in [-0.25, -0.2) is 0 Å². The van der Waals surface area contributed by atoms with Gasteiger partial charge in [-0.3, -0.25) is 0 Å². The van der Waals surface area contributed by atoms with E-state index in [-0.39, 0.29) is 5.60 Å². The molecule has 1 aliphatic carbocycles. The minimum atomic E-state index is 0.276. The van der Waals surface area contributed by atoms with Crippen LogP contribution in [0.2, 0.25) is 5.31 Å². The molecule has 2 rings (SSSR count). The van der Waals surface area contributed by atoms with Gasteiger partial charge in [-0.05, 0) is 45.1 Å². The molecule has 1 spiro atoms. The fourth-order valence-electron chi connectivity index (χ4n) is 3.60. The third-order valence-corrected chi connectivity index (χ3v) is 5.01. The van der Waals surface area contributed by atoms with Gasteiger partial charge < -0.3 is 9.55 Å². The van der Waals surface area contributed by atoms with Gasteiger partial charge >= 0.3 is 0 Å². The molecule has 5 heteroatoms. The van der Waals surface area contributed by atoms with Crippen LogP contribution in [0, 0.1) is 0 Å². The van der Waals surface area contributed by atoms with Crippen molar-refractivity contribution in [2.24, 2.45) is 0 Å². The van der Waals surface area contributed by atoms with E-state index >= 15 is 0 Å². The monoisotopic (exact) mass is 233 g/mol. The second-order valence-electron chi connectivity index (χ2n) is 6.62. The largest absolute Gasteiger partial charge is 0.375 e. The lowest BCUT2D eigenvalue weighted by molar-refractivity contribution is -0.0894. The summed E-state index contributed by atoms with van der Waals surface area (Å²) in [5, 5.41) is 0.520. The van der Waals surface area contributed by atoms with Crippen LogP contribution in [0.15, 0.2) is 0 Å². The lowest BCUT2D eigenvalue weighted by Crippen LogP contribution is -2.41. The Hall–Kier alpha value is 0.115. The molecule has 0 aromatic rings. The zero-order chi connectivity index (χ0) is 12.4. The van der Waals surface area contributed by atoms with E-state index in [1.165, 1.54) is 51.5 Å². The molecule has 0 aromatic heterocycles. The van der Waals surface area contributed by atoms with Gasteiger partial charge in [-0.15, -0.1) is 0 Å². The standard InChI is InChI=1S/C12H26B3NO/c13-10-16(15)7-5-11(14)6-8-17-12(9-11)3-1-2-4-12/h1-10,13-15H2. The Kier molecular flexibility index (Phi) is 4.30. The van der Waals surface area contributed by atoms with E-state index in [1.807, 2.05) is 0 Å². The fraction of sp³-hybridized carbons (Fsp3) is 1.00. The highest BCUT2D eigenvalue weighted by atomic mass is 16.5. The number of hydrogen-bond acceptors (Lipinski definition) is 2. The lowest BCUT2D eigenvalue weighted by atomic mass is 9.57. The number of hydrogen-bond donors (Lipinski definition) is 0. The van der Waals surface area contributed by atoms with Crippen molar-refractivity contribution in [1.29, 1.82) is 0 Å². The molecule has 1 heterocycles. The molecular weight excluding hydrogens is 207 g/mol. The van der Waals surface area contributed by atoms with E-state index in [9.17, 15) is 0 Å². The molecule has 2 aliphatic rings. The molecule has 0 radical (unpaired) electrons. The zero-order valence-corrected chi connectivity index (χ0v) is 11.9. The van der Waals surface area contributed by atoms with E-state index in [0.29, 0.717) is 5.31 Å². The van der Waals surface area contributed by atoms with Gasteiger partial charge in [-0.2, -0.15) is 0 Å². The fourth-order valence-corrected chi connectivity index (χ4v) is 3.60. The molecule has 1 aliphatic heterocycles. The molecule has 0 amide bonds. The van der Waals surface area contributed by atoms with E-state index in [0.717, 1.165) is 13.1 Å². The Balaban J connectivity index is 1.90. The summed E-state index contributed by atoms with van der Waals surface area (Å²) in [5.74, 6) is 0. The molecule has 94 valence electrons. The number of nitrogens with zero attached hydrogens (tertiary/aromatic N) is 1. The first-order valence-corrected chi connectivity index (χ1v) is 7.40. The van der Waals surface area contributed by atoms with Crippen LogP contribution in [-0.2, 0) is 4.74 Å². The number of rotatable bonds is 4. The summed E-state index contributed by atoms with van der Waals surface area (Å²) in [6, 6.07) is 0. The van der Waals surface area contributed by atoms with Gasteiger partial charge in [0.2, 0.25) is 0 Å². The molecule has 0 bridgehead atoms. The van der Waals surface area contributed by atoms with Crippen molar-refractivity contribution < 1.29 is 4.74 Å². The van der Waals surface area contributed by atoms with Gasteiger partial charge in [0.15, 0.2) is 7.98 Å². The van der Waals surface area contributed by atoms with Crippen molar-refractivity contribution in [2.75, 3.05) is 19.6 Å². The Morgan fingerprint density at radius 1 is 1.18 bits per heavy atom. The SMILES string of the molecule is BCN(B)CCC1(B)CCOC2(CCCC2)C1. The molecule has 1 unspecified atom stereocenters. The lowest BCUT2D eigenvalue weighted by Gasteiger charge is -2.45. The van der Waals surface area contributed by atoms with Crippen molar-refractivity contribution in [1.82, 2.24) is 4.81 Å². The van der Waals surface area contributed by atoms with E-state index in [4.69, 9.17) is 4.74 Å². The Labute approximate surface area is 109 Å². The van der Waals surface area contributed by atoms with Crippen molar-refractivity contribution in [3.05, 3.63) is 0 Å². The first-order valence-electron chi connectivity index (χ1n) is 7.40. The summed E-state index contributed by atoms with van der Waals surface area (Å²) in [6.45, 7) is 2.23. The molecule has 1 atom stereocenters. The van der Waals surface area contributed by atoms with Crippen LogP contribution in [0.3, 0.4) is 0 Å². The van der Waals surface area contributed by atoms with Crippen molar-refractivity contribution in [3.63, 3.8) is 0 Å². The van der Waals surface area contributed by atoms with Crippen molar-refractivity contribution in [2.45, 2.75) is 55.9 Å². The molecule has 1 saturated heterocycles. The maximum absolute atomic E-state index is 6.14. The second kappa shape index (κ2) is 5.40. The molecule has 0 aromatic carbocycles. The van der Waals surface area contributed by atoms with Crippen molar-refractivity contribution in [3.8, 4) is 0 Å². The number of ether oxygens (including phenoxy) is 1. The predicted molar refractivity (Wildman–Crippen MR) is 80.9 cm³/mol. The average Bonchev–Trinajstić information content (AvgIpc) is 2.74. The predicted octanol–water partition coefficient (Wildman–Crippen LogP) is -0.268. The Morgan fingerprint density at radius 2 is 1.88 bits per heavy atom. The molecule has 1 saturated carbocycles. The average molecular weight is 233 g/mol. The minimum Gasteiger partial charge on any atom is -0.375 e. The highest BCUT2D eigenvalue weighted by Crippen LogP contribution is 2.51. The summed E-state index contributed by atoms with van der Waals surface area (Å²) in [5.41, 5.74) is 0.276. The van der Waals surface area contributed by atoms with Gasteiger partial charge in [-0.1, -0.05) is 18.2 Å². The van der Waals surface area contributed by atoms with Crippen LogP contribution in [-0.4, -0.2) is 53.7 Å². The van der Waals surface area contributed by atoms with Crippen LogP contribution < -0.4 is 0 Å². The normalized spacial score (nSPS) is 32.3. The molecule has 2 nitrogen and oxygen atoms in total. The van der Waals surface area contributed by atoms with E-state index in [1.54, 1.807) is 0 Å². The Bertz CT molecular complexity index is 258. The van der Waals surface area contributed by atoms with E-state index < -0.39 is 0 Å². The highest BCUT2D eigenvalue weighted by Gasteiger charge is 2.44. The quantitative estimate of drug-likeness (QED) is 0.619. The van der Waals surface area contributed by atoms with Crippen LogP contribution in [0.5, 0.6) is 0 Å². The highest BCUT2D eigenvalue weighted by molar-refractivity contribution is 6.15. The summed E-state index contributed by atoms with van der Waals surface area (Å²) in [7, 11) is 6.96. The summed E-state index contributed by atoms with van der Waals surface area (Å²) in [6.07, 6.45) is 10.4. The van der Waals surface area contributed by atoms with Gasteiger partial charge in [0.1, 0.15) is 15.7 Å². The first kappa shape index (κ1) is 13.5. The van der Waals surface area contributed by atoms with Crippen LogP contribution in [0.4, 0.5) is 0 Å². The van der Waals surface area contributed by atoms with E-state index in [2.05, 4.69) is 28.5 Å². The van der Waals surface area contributed by atoms with Gasteiger partial charge in [0, 0.05) is 6.61 Å². The summed E-state index contributed by atoms with van der Waals surface area (Å²) >= 11 is 0. The van der Waals surface area contributed by atoms with Crippen LogP contribution >= 0.6 is 0 Å². The first-order chi connectivity index (χ1) is 8.08. The summed E-state index contributed by atoms with van der Waals surface area (Å²) < 4.78 is 6.14. The maximum Gasteiger partial charge on any atom is 0.184 e. The van der Waals surface area contributed by atoms with Crippen molar-refractivity contribution >= 4 is 23.7 Å². The molecule has 17 heavy (non-hydrogen) atoms. The maximum atomic E-state index is 6.14. The molecule has 0 N–H and O–H groups in total. The third kappa shape index (κ3) is 3.32. The minimum absolute atomic E-state index is 0.276. The molecule has 2 fully saturated rings. The zero-order valence-electron chi connectivity index (χ0n) is 11.9. The second-order valence-corrected chi connectivity index (χ2v) is 6.62.